The Bertz CT molecular complexity index is 650. The van der Waals surface area contributed by atoms with Crippen molar-refractivity contribution in [3.63, 3.8) is 0 Å². The van der Waals surface area contributed by atoms with E-state index < -0.39 is 5.60 Å². The number of aliphatic hydroxyl groups excluding tert-OH is 1. The van der Waals surface area contributed by atoms with Gasteiger partial charge in [-0.2, -0.15) is 0 Å². The van der Waals surface area contributed by atoms with Crippen molar-refractivity contribution < 1.29 is 10.2 Å². The Hall–Kier alpha value is -0.860. The summed E-state index contributed by atoms with van der Waals surface area (Å²) >= 11 is 0. The number of fused-ring (bicyclic) bond motifs is 1. The molecule has 3 aliphatic carbocycles. The van der Waals surface area contributed by atoms with Gasteiger partial charge < -0.3 is 10.2 Å². The van der Waals surface area contributed by atoms with E-state index in [1.807, 2.05) is 13.8 Å². The van der Waals surface area contributed by atoms with Crippen molar-refractivity contribution in [2.24, 2.45) is 23.2 Å². The summed E-state index contributed by atoms with van der Waals surface area (Å²) in [6.07, 6.45) is 16.9. The lowest BCUT2D eigenvalue weighted by Crippen LogP contribution is -2.36. The predicted octanol–water partition coefficient (Wildman–Crippen LogP) is 6.73. The van der Waals surface area contributed by atoms with Crippen LogP contribution in [0.5, 0.6) is 0 Å². The fourth-order valence-electron chi connectivity index (χ4n) is 6.67. The topological polar surface area (TPSA) is 40.5 Å². The molecule has 2 heteroatoms. The van der Waals surface area contributed by atoms with Gasteiger partial charge in [0.25, 0.3) is 0 Å². The average molecular weight is 401 g/mol. The monoisotopic (exact) mass is 400 g/mol. The Morgan fingerprint density at radius 3 is 2.69 bits per heavy atom. The van der Waals surface area contributed by atoms with Crippen LogP contribution in [-0.2, 0) is 0 Å². The molecule has 5 atom stereocenters. The Morgan fingerprint density at radius 2 is 1.97 bits per heavy atom. The highest BCUT2D eigenvalue weighted by atomic mass is 16.3. The number of rotatable bonds is 6. The summed E-state index contributed by atoms with van der Waals surface area (Å²) in [6.45, 7) is 13.1. The largest absolute Gasteiger partial charge is 0.393 e. The van der Waals surface area contributed by atoms with E-state index in [1.54, 1.807) is 5.57 Å². The maximum atomic E-state index is 10.0. The SMILES string of the molecule is C=C1CC[C@@H](O)CC1=CC=C1CCC[C@@]2(C)C1CCC2[C@H](C)CCCC(C)(C)O. The van der Waals surface area contributed by atoms with Gasteiger partial charge in [-0.15, -0.1) is 0 Å². The zero-order chi connectivity index (χ0) is 21.2. The third kappa shape index (κ3) is 5.44. The molecule has 0 spiro atoms. The summed E-state index contributed by atoms with van der Waals surface area (Å²) in [6, 6.07) is 0. The van der Waals surface area contributed by atoms with Crippen LogP contribution in [0, 0.1) is 23.2 Å². The predicted molar refractivity (Wildman–Crippen MR) is 123 cm³/mol. The van der Waals surface area contributed by atoms with Gasteiger partial charge >= 0.3 is 0 Å². The van der Waals surface area contributed by atoms with Crippen LogP contribution >= 0.6 is 0 Å². The lowest BCUT2D eigenvalue weighted by Gasteiger charge is -2.44. The molecule has 0 saturated heterocycles. The maximum absolute atomic E-state index is 10.0. The van der Waals surface area contributed by atoms with Crippen molar-refractivity contribution >= 4 is 0 Å². The molecule has 0 aromatic heterocycles. The molecule has 164 valence electrons. The molecule has 0 radical (unpaired) electrons. The van der Waals surface area contributed by atoms with Crippen molar-refractivity contribution in [2.45, 2.75) is 110 Å². The molecule has 3 fully saturated rings. The fourth-order valence-corrected chi connectivity index (χ4v) is 6.67. The molecular weight excluding hydrogens is 356 g/mol. The van der Waals surface area contributed by atoms with Crippen LogP contribution in [0.3, 0.4) is 0 Å². The number of hydrogen-bond acceptors (Lipinski definition) is 2. The van der Waals surface area contributed by atoms with E-state index in [9.17, 15) is 10.2 Å². The minimum atomic E-state index is -0.535. The first-order chi connectivity index (χ1) is 13.6. The summed E-state index contributed by atoms with van der Waals surface area (Å²) in [7, 11) is 0. The van der Waals surface area contributed by atoms with Gasteiger partial charge in [-0.05, 0) is 100 Å². The number of allylic oxidation sites excluding steroid dienone is 4. The van der Waals surface area contributed by atoms with Crippen LogP contribution in [0.4, 0.5) is 0 Å². The lowest BCUT2D eigenvalue weighted by molar-refractivity contribution is 0.0596. The highest BCUT2D eigenvalue weighted by molar-refractivity contribution is 5.36. The zero-order valence-electron chi connectivity index (χ0n) is 19.3. The molecule has 2 N–H and O–H groups in total. The Kier molecular flexibility index (Phi) is 7.16. The third-order valence-electron chi connectivity index (χ3n) is 8.36. The summed E-state index contributed by atoms with van der Waals surface area (Å²) < 4.78 is 0. The molecule has 0 heterocycles. The standard InChI is InChI=1S/C27H44O2/c1-19-10-13-23(28)18-22(19)12-11-21-9-7-17-27(5)24(14-15-25(21)27)20(2)8-6-16-26(3,4)29/h11-12,20,23-25,28-29H,1,6-10,13-18H2,2-5H3/t20-,23-,24?,25?,27-/m1/s1. The third-order valence-corrected chi connectivity index (χ3v) is 8.36. The molecule has 29 heavy (non-hydrogen) atoms. The molecule has 2 nitrogen and oxygen atoms in total. The van der Waals surface area contributed by atoms with Gasteiger partial charge in [-0.3, -0.25) is 0 Å². The van der Waals surface area contributed by atoms with Gasteiger partial charge in [0.2, 0.25) is 0 Å². The Morgan fingerprint density at radius 1 is 1.21 bits per heavy atom. The molecule has 0 aliphatic heterocycles. The Labute approximate surface area is 179 Å². The first-order valence-electron chi connectivity index (χ1n) is 12.1. The second-order valence-corrected chi connectivity index (χ2v) is 11.2. The highest BCUT2D eigenvalue weighted by Gasteiger charge is 2.50. The fraction of sp³-hybridized carbons (Fsp3) is 0.778. The second-order valence-electron chi connectivity index (χ2n) is 11.2. The van der Waals surface area contributed by atoms with Gasteiger partial charge in [-0.25, -0.2) is 0 Å². The van der Waals surface area contributed by atoms with E-state index in [0.29, 0.717) is 5.41 Å². The maximum Gasteiger partial charge on any atom is 0.0591 e. The molecule has 0 aromatic carbocycles. The zero-order valence-corrected chi connectivity index (χ0v) is 19.3. The Balaban J connectivity index is 1.68. The molecule has 2 unspecified atom stereocenters. The highest BCUT2D eigenvalue weighted by Crippen LogP contribution is 2.60. The smallest absolute Gasteiger partial charge is 0.0591 e. The van der Waals surface area contributed by atoms with Crippen molar-refractivity contribution in [1.82, 2.24) is 0 Å². The van der Waals surface area contributed by atoms with Crippen LogP contribution < -0.4 is 0 Å². The first-order valence-corrected chi connectivity index (χ1v) is 12.1. The van der Waals surface area contributed by atoms with E-state index in [-0.39, 0.29) is 6.10 Å². The minimum Gasteiger partial charge on any atom is -0.393 e. The summed E-state index contributed by atoms with van der Waals surface area (Å²) in [5.74, 6) is 2.26. The van der Waals surface area contributed by atoms with Crippen LogP contribution in [0.2, 0.25) is 0 Å². The molecule has 3 aliphatic rings. The quantitative estimate of drug-likeness (QED) is 0.518. The first kappa shape index (κ1) is 22.8. The van der Waals surface area contributed by atoms with E-state index in [0.717, 1.165) is 49.9 Å². The average Bonchev–Trinajstić information content (AvgIpc) is 2.99. The van der Waals surface area contributed by atoms with Gasteiger partial charge in [0.15, 0.2) is 0 Å². The summed E-state index contributed by atoms with van der Waals surface area (Å²) in [4.78, 5) is 0. The number of aliphatic hydroxyl groups is 2. The van der Waals surface area contributed by atoms with Crippen LogP contribution in [0.25, 0.3) is 0 Å². The summed E-state index contributed by atoms with van der Waals surface area (Å²) in [5.41, 5.74) is 4.02. The van der Waals surface area contributed by atoms with Crippen LogP contribution in [-0.4, -0.2) is 21.9 Å². The van der Waals surface area contributed by atoms with Gasteiger partial charge in [0, 0.05) is 0 Å². The van der Waals surface area contributed by atoms with Crippen LogP contribution in [0.15, 0.2) is 35.5 Å². The van der Waals surface area contributed by atoms with Gasteiger partial charge in [0.1, 0.15) is 0 Å². The second kappa shape index (κ2) is 9.10. The van der Waals surface area contributed by atoms with Crippen molar-refractivity contribution in [1.29, 1.82) is 0 Å². The van der Waals surface area contributed by atoms with Gasteiger partial charge in [0.05, 0.1) is 11.7 Å². The molecular formula is C27H44O2. The van der Waals surface area contributed by atoms with Crippen LogP contribution in [0.1, 0.15) is 98.3 Å². The molecule has 3 rings (SSSR count). The van der Waals surface area contributed by atoms with E-state index >= 15 is 0 Å². The molecule has 0 bridgehead atoms. The number of hydrogen-bond donors (Lipinski definition) is 2. The van der Waals surface area contributed by atoms with Crippen molar-refractivity contribution in [3.8, 4) is 0 Å². The summed E-state index contributed by atoms with van der Waals surface area (Å²) in [5, 5.41) is 20.1. The van der Waals surface area contributed by atoms with E-state index in [2.05, 4.69) is 32.6 Å². The van der Waals surface area contributed by atoms with Gasteiger partial charge in [-0.1, -0.05) is 56.6 Å². The molecule has 0 amide bonds. The van der Waals surface area contributed by atoms with Crippen molar-refractivity contribution in [2.75, 3.05) is 0 Å². The minimum absolute atomic E-state index is 0.192. The van der Waals surface area contributed by atoms with Crippen molar-refractivity contribution in [3.05, 3.63) is 35.5 Å². The molecule has 3 saturated carbocycles. The molecule has 0 aromatic rings. The normalized spacial score (nSPS) is 37.2. The van der Waals surface area contributed by atoms with E-state index in [1.165, 1.54) is 49.7 Å². The van der Waals surface area contributed by atoms with E-state index in [4.69, 9.17) is 0 Å². The lowest BCUT2D eigenvalue weighted by atomic mass is 9.60.